The zero-order valence-electron chi connectivity index (χ0n) is 44.3. The van der Waals surface area contributed by atoms with E-state index >= 15 is 0 Å². The van der Waals surface area contributed by atoms with Gasteiger partial charge in [-0.05, 0) is 66.5 Å². The molecular formula is C57H69N9O12S2. The molecule has 426 valence electrons. The third kappa shape index (κ3) is 19.0. The van der Waals surface area contributed by atoms with Crippen LogP contribution < -0.4 is 43.4 Å². The molecule has 21 nitrogen and oxygen atoms in total. The van der Waals surface area contributed by atoms with Gasteiger partial charge >= 0.3 is 5.97 Å². The summed E-state index contributed by atoms with van der Waals surface area (Å²) in [6, 6.07) is 22.3. The van der Waals surface area contributed by atoms with Crippen molar-refractivity contribution < 1.29 is 58.2 Å². The molecule has 6 rings (SSSR count). The number of phenolic OH excluding ortho intramolecular Hbond substituents is 1. The molecule has 80 heavy (non-hydrogen) atoms. The molecule has 2 fully saturated rings. The largest absolute Gasteiger partial charge is 0.508 e. The first-order valence-corrected chi connectivity index (χ1v) is 28.6. The molecule has 2 heterocycles. The number of rotatable bonds is 17. The lowest BCUT2D eigenvalue weighted by molar-refractivity contribution is -0.142. The van der Waals surface area contributed by atoms with Crippen molar-refractivity contribution >= 4 is 82.5 Å². The maximum Gasteiger partial charge on any atom is 0.327 e. The Kier molecular flexibility index (Phi) is 23.5. The van der Waals surface area contributed by atoms with E-state index in [2.05, 4.69) is 31.9 Å². The van der Waals surface area contributed by atoms with Gasteiger partial charge in [0, 0.05) is 54.7 Å². The highest BCUT2D eigenvalue weighted by atomic mass is 32.2. The number of hydrogen-bond donors (Lipinski definition) is 10. The van der Waals surface area contributed by atoms with E-state index in [-0.39, 0.29) is 73.8 Å². The molecule has 4 aromatic rings. The number of likely N-dealkylation sites (tertiary alicyclic amines) is 1. The quantitative estimate of drug-likeness (QED) is 0.0712. The van der Waals surface area contributed by atoms with E-state index in [0.29, 0.717) is 28.7 Å². The Labute approximate surface area is 472 Å². The zero-order chi connectivity index (χ0) is 57.7. The van der Waals surface area contributed by atoms with Crippen LogP contribution in [0.5, 0.6) is 5.75 Å². The lowest BCUT2D eigenvalue weighted by Gasteiger charge is -2.31. The number of aliphatic carboxylic acids is 1. The summed E-state index contributed by atoms with van der Waals surface area (Å²) in [5.74, 6) is -9.24. The van der Waals surface area contributed by atoms with Crippen molar-refractivity contribution in [1.82, 2.24) is 36.8 Å². The summed E-state index contributed by atoms with van der Waals surface area (Å²) in [4.78, 5) is 140. The number of primary amides is 1. The van der Waals surface area contributed by atoms with Gasteiger partial charge in [-0.1, -0.05) is 110 Å². The molecular weight excluding hydrogens is 1070 g/mol. The van der Waals surface area contributed by atoms with Crippen molar-refractivity contribution in [3.8, 4) is 5.75 Å². The standard InChI is InChI=1S/C57H69N9O12S2/c1-34-26-48(68)42(28-35-12-5-2-6-13-35)61-52(72)41(23-24-49(59)69)60-54(74)45(31-79-33-80-32-46(57(77)78)65-53(73)43(62-50(34)70)29-36-14-7-3-8-15-36)64-55(75)47-18-11-25-66(47)56(76)44(30-37-16-9-4-10-17-37)63-51(71)40(58)27-38-19-21-39(67)22-20-38/h2-10,12-17,19-22,34,40-47,67H,11,18,23-33,58H2,1H3,(H2,59,69)(H,60,74)(H,61,72)(H,62,70)(H,63,71)(H,64,75)(H,65,73)(H,77,78)/t34-,40+,41+,42+,43+,44+,45-,46+,47+/m1/s1. The number of aromatic hydroxyl groups is 1. The molecule has 0 spiro atoms. The Balaban J connectivity index is 1.27. The number of nitrogens with two attached hydrogens (primary N) is 2. The molecule has 2 aliphatic rings. The molecule has 4 aromatic carbocycles. The van der Waals surface area contributed by atoms with E-state index < -0.39 is 120 Å². The van der Waals surface area contributed by atoms with Gasteiger partial charge < -0.3 is 58.5 Å². The summed E-state index contributed by atoms with van der Waals surface area (Å²) in [6.45, 7) is 1.59. The number of thioether (sulfide) groups is 2. The predicted molar refractivity (Wildman–Crippen MR) is 301 cm³/mol. The average molecular weight is 1140 g/mol. The van der Waals surface area contributed by atoms with Gasteiger partial charge in [0.25, 0.3) is 0 Å². The normalized spacial score (nSPS) is 22.6. The Bertz CT molecular complexity index is 2800. The van der Waals surface area contributed by atoms with Gasteiger partial charge in [-0.3, -0.25) is 43.2 Å². The second-order valence-corrected chi connectivity index (χ2v) is 22.3. The molecule has 0 bridgehead atoms. The first-order valence-electron chi connectivity index (χ1n) is 26.3. The van der Waals surface area contributed by atoms with Crippen LogP contribution in [-0.2, 0) is 73.6 Å². The van der Waals surface area contributed by atoms with Crippen LogP contribution in [0.25, 0.3) is 0 Å². The van der Waals surface area contributed by atoms with Gasteiger partial charge in [-0.2, -0.15) is 0 Å². The highest BCUT2D eigenvalue weighted by Gasteiger charge is 2.40. The second kappa shape index (κ2) is 30.6. The molecule has 0 unspecified atom stereocenters. The average Bonchev–Trinajstić information content (AvgIpc) is 3.98. The lowest BCUT2D eigenvalue weighted by atomic mass is 9.94. The van der Waals surface area contributed by atoms with E-state index in [1.165, 1.54) is 24.0 Å². The molecule has 23 heteroatoms. The summed E-state index contributed by atoms with van der Waals surface area (Å²) >= 11 is 2.22. The molecule has 2 saturated heterocycles. The van der Waals surface area contributed by atoms with Gasteiger partial charge in [-0.15, -0.1) is 23.5 Å². The fraction of sp³-hybridized carbons (Fsp3) is 0.404. The van der Waals surface area contributed by atoms with E-state index in [0.717, 1.165) is 23.5 Å². The smallest absolute Gasteiger partial charge is 0.327 e. The van der Waals surface area contributed by atoms with Crippen molar-refractivity contribution in [2.24, 2.45) is 17.4 Å². The van der Waals surface area contributed by atoms with Crippen molar-refractivity contribution in [1.29, 1.82) is 0 Å². The van der Waals surface area contributed by atoms with Crippen LogP contribution in [0.2, 0.25) is 0 Å². The fourth-order valence-corrected chi connectivity index (χ4v) is 11.4. The monoisotopic (exact) mass is 1140 g/mol. The summed E-state index contributed by atoms with van der Waals surface area (Å²) in [5, 5.41) is 36.3. The minimum absolute atomic E-state index is 0.0166. The Morgan fingerprint density at radius 3 is 1.85 bits per heavy atom. The number of carboxylic acids is 1. The molecule has 12 N–H and O–H groups in total. The van der Waals surface area contributed by atoms with E-state index in [1.807, 2.05) is 0 Å². The van der Waals surface area contributed by atoms with E-state index in [9.17, 15) is 58.2 Å². The van der Waals surface area contributed by atoms with Gasteiger partial charge in [0.2, 0.25) is 47.3 Å². The fourth-order valence-electron chi connectivity index (χ4n) is 9.20. The number of phenols is 1. The maximum atomic E-state index is 14.6. The number of nitrogens with zero attached hydrogens (tertiary/aromatic N) is 1. The van der Waals surface area contributed by atoms with Crippen molar-refractivity contribution in [3.63, 3.8) is 0 Å². The van der Waals surface area contributed by atoms with Crippen LogP contribution in [0.15, 0.2) is 115 Å². The van der Waals surface area contributed by atoms with Gasteiger partial charge in [0.1, 0.15) is 42.0 Å². The molecule has 9 atom stereocenters. The van der Waals surface area contributed by atoms with Crippen molar-refractivity contribution in [2.75, 3.05) is 23.1 Å². The Morgan fingerprint density at radius 1 is 0.688 bits per heavy atom. The Morgan fingerprint density at radius 2 is 1.24 bits per heavy atom. The summed E-state index contributed by atoms with van der Waals surface area (Å²) < 4.78 is 0. The van der Waals surface area contributed by atoms with Crippen molar-refractivity contribution in [2.45, 2.75) is 113 Å². The summed E-state index contributed by atoms with van der Waals surface area (Å²) in [7, 11) is 0. The lowest BCUT2D eigenvalue weighted by Crippen LogP contribution is -2.60. The summed E-state index contributed by atoms with van der Waals surface area (Å²) in [5.41, 5.74) is 14.5. The number of ketones is 1. The minimum Gasteiger partial charge on any atom is -0.508 e. The topological polar surface area (TPSA) is 339 Å². The van der Waals surface area contributed by atoms with Crippen molar-refractivity contribution in [3.05, 3.63) is 138 Å². The molecule has 8 amide bonds. The van der Waals surface area contributed by atoms with Crippen LogP contribution in [0.4, 0.5) is 0 Å². The predicted octanol–water partition coefficient (Wildman–Crippen LogP) is 1.27. The zero-order valence-corrected chi connectivity index (χ0v) is 45.9. The maximum absolute atomic E-state index is 14.6. The highest BCUT2D eigenvalue weighted by Crippen LogP contribution is 2.22. The first-order chi connectivity index (χ1) is 38.3. The number of carbonyl (C=O) groups excluding carboxylic acids is 9. The minimum atomic E-state index is -1.49. The van der Waals surface area contributed by atoms with E-state index in [1.54, 1.807) is 103 Å². The number of benzene rings is 4. The van der Waals surface area contributed by atoms with Crippen LogP contribution >= 0.6 is 23.5 Å². The van der Waals surface area contributed by atoms with E-state index in [4.69, 9.17) is 11.5 Å². The Hall–Kier alpha value is -7.76. The molecule has 0 saturated carbocycles. The number of carbonyl (C=O) groups is 10. The van der Waals surface area contributed by atoms with Gasteiger partial charge in [0.15, 0.2) is 5.78 Å². The van der Waals surface area contributed by atoms with Crippen LogP contribution in [0.1, 0.15) is 61.3 Å². The number of amides is 8. The molecule has 0 radical (unpaired) electrons. The summed E-state index contributed by atoms with van der Waals surface area (Å²) in [6.07, 6.45) is -0.480. The van der Waals surface area contributed by atoms with Gasteiger partial charge in [-0.25, -0.2) is 4.79 Å². The third-order valence-corrected chi connectivity index (χ3v) is 16.1. The molecule has 0 aliphatic carbocycles. The molecule has 0 aromatic heterocycles. The number of Topliss-reactive ketones (excluding diaryl/α,β-unsaturated/α-hetero) is 1. The number of hydrogen-bond acceptors (Lipinski definition) is 14. The third-order valence-electron chi connectivity index (χ3n) is 13.6. The SMILES string of the molecule is C[C@@H]1CC(=O)[C@H](Cc2ccccc2)NC(=O)[C@H](CCC(N)=O)NC(=O)[C@H](NC(=O)[C@@H]2CCCN2C(=O)[C@H](Cc2ccccc2)NC(=O)[C@@H](N)Cc2ccc(O)cc2)CSCSC[C@@H](C(=O)O)NC(=O)[C@H](Cc2ccccc2)NC1=O. The molecule has 2 aliphatic heterocycles. The highest BCUT2D eigenvalue weighted by molar-refractivity contribution is 8.16. The first kappa shape index (κ1) is 61.5. The van der Waals surface area contributed by atoms with Gasteiger partial charge in [0.05, 0.1) is 12.1 Å². The number of nitrogens with one attached hydrogen (secondary N) is 6. The van der Waals surface area contributed by atoms with Crippen LogP contribution in [0.3, 0.4) is 0 Å². The van der Waals surface area contributed by atoms with Crippen LogP contribution in [-0.4, -0.2) is 146 Å². The number of carboxylic acid groups (broad SMARTS) is 1. The van der Waals surface area contributed by atoms with Crippen LogP contribution in [0, 0.1) is 5.92 Å². The second-order valence-electron chi connectivity index (χ2n) is 19.9.